The van der Waals surface area contributed by atoms with Crippen LogP contribution in [0.1, 0.15) is 25.0 Å². The van der Waals surface area contributed by atoms with Crippen molar-refractivity contribution < 1.29 is 19.0 Å². The molecule has 0 saturated carbocycles. The smallest absolute Gasteiger partial charge is 0.244 e. The monoisotopic (exact) mass is 369 g/mol. The Balaban J connectivity index is 1.92. The van der Waals surface area contributed by atoms with Crippen LogP contribution in [0.15, 0.2) is 48.5 Å². The Morgan fingerprint density at radius 3 is 2.41 bits per heavy atom. The molecule has 0 aliphatic rings. The van der Waals surface area contributed by atoms with E-state index in [-0.39, 0.29) is 5.91 Å². The van der Waals surface area contributed by atoms with Gasteiger partial charge in [-0.25, -0.2) is 0 Å². The minimum absolute atomic E-state index is 0.162. The van der Waals surface area contributed by atoms with Crippen molar-refractivity contribution in [3.05, 3.63) is 59.7 Å². The van der Waals surface area contributed by atoms with Crippen LogP contribution < -0.4 is 19.5 Å². The molecule has 0 bridgehead atoms. The summed E-state index contributed by atoms with van der Waals surface area (Å²) in [5.41, 5.74) is 1.87. The fraction of sp³-hybridized carbons (Fsp3) is 0.318. The number of carbonyl (C=O) groups excluding carboxylic acids is 1. The Morgan fingerprint density at radius 1 is 1.04 bits per heavy atom. The van der Waals surface area contributed by atoms with Crippen LogP contribution in [0.4, 0.5) is 0 Å². The highest BCUT2D eigenvalue weighted by atomic mass is 16.5. The molecule has 2 aromatic rings. The summed E-state index contributed by atoms with van der Waals surface area (Å²) in [6.45, 7) is 5.26. The fourth-order valence-electron chi connectivity index (χ4n) is 2.33. The highest BCUT2D eigenvalue weighted by molar-refractivity contribution is 5.91. The fourth-order valence-corrected chi connectivity index (χ4v) is 2.33. The molecule has 2 aromatic carbocycles. The first-order valence-electron chi connectivity index (χ1n) is 8.91. The number of rotatable bonds is 9. The molecule has 0 aromatic heterocycles. The van der Waals surface area contributed by atoms with Crippen LogP contribution in [0.5, 0.6) is 17.2 Å². The topological polar surface area (TPSA) is 56.8 Å². The summed E-state index contributed by atoms with van der Waals surface area (Å²) in [4.78, 5) is 12.0. The molecule has 0 radical (unpaired) electrons. The highest BCUT2D eigenvalue weighted by Crippen LogP contribution is 2.29. The van der Waals surface area contributed by atoms with Crippen LogP contribution in [-0.4, -0.2) is 26.7 Å². The lowest BCUT2D eigenvalue weighted by molar-refractivity contribution is -0.116. The number of carbonyl (C=O) groups is 1. The molecule has 0 fully saturated rings. The predicted molar refractivity (Wildman–Crippen MR) is 107 cm³/mol. The van der Waals surface area contributed by atoms with E-state index in [9.17, 15) is 4.79 Å². The average molecular weight is 369 g/mol. The van der Waals surface area contributed by atoms with Crippen LogP contribution in [0.25, 0.3) is 6.08 Å². The van der Waals surface area contributed by atoms with Gasteiger partial charge in [0.2, 0.25) is 5.91 Å². The summed E-state index contributed by atoms with van der Waals surface area (Å²) in [6, 6.07) is 13.2. The largest absolute Gasteiger partial charge is 0.497 e. The van der Waals surface area contributed by atoms with Crippen LogP contribution in [0, 0.1) is 5.92 Å². The Labute approximate surface area is 161 Å². The van der Waals surface area contributed by atoms with E-state index >= 15 is 0 Å². The van der Waals surface area contributed by atoms with Crippen molar-refractivity contribution in [3.8, 4) is 17.2 Å². The van der Waals surface area contributed by atoms with Crippen LogP contribution in [-0.2, 0) is 11.3 Å². The second-order valence-corrected chi connectivity index (χ2v) is 6.51. The molecule has 2 rings (SSSR count). The van der Waals surface area contributed by atoms with Crippen molar-refractivity contribution in [1.82, 2.24) is 5.32 Å². The summed E-state index contributed by atoms with van der Waals surface area (Å²) < 4.78 is 16.2. The third kappa shape index (κ3) is 6.70. The first-order valence-corrected chi connectivity index (χ1v) is 8.91. The maximum absolute atomic E-state index is 12.0. The summed E-state index contributed by atoms with van der Waals surface area (Å²) in [6.07, 6.45) is 3.26. The van der Waals surface area contributed by atoms with Gasteiger partial charge in [0.25, 0.3) is 0 Å². The van der Waals surface area contributed by atoms with Gasteiger partial charge in [0.05, 0.1) is 20.8 Å². The Kier molecular flexibility index (Phi) is 7.74. The van der Waals surface area contributed by atoms with Crippen molar-refractivity contribution in [2.45, 2.75) is 20.4 Å². The maximum atomic E-state index is 12.0. The third-order valence-corrected chi connectivity index (χ3v) is 3.81. The highest BCUT2D eigenvalue weighted by Gasteiger charge is 2.06. The lowest BCUT2D eigenvalue weighted by Gasteiger charge is -2.12. The second kappa shape index (κ2) is 10.3. The Hall–Kier alpha value is -2.95. The van der Waals surface area contributed by atoms with Crippen molar-refractivity contribution in [3.63, 3.8) is 0 Å². The van der Waals surface area contributed by atoms with Gasteiger partial charge < -0.3 is 19.5 Å². The molecular formula is C22H27NO4. The average Bonchev–Trinajstić information content (AvgIpc) is 2.69. The normalized spacial score (nSPS) is 10.9. The first-order chi connectivity index (χ1) is 13.0. The van der Waals surface area contributed by atoms with E-state index in [0.29, 0.717) is 30.6 Å². The van der Waals surface area contributed by atoms with Gasteiger partial charge >= 0.3 is 0 Å². The Bertz CT molecular complexity index is 766. The number of benzene rings is 2. The van der Waals surface area contributed by atoms with Crippen molar-refractivity contribution in [1.29, 1.82) is 0 Å². The number of ether oxygens (including phenoxy) is 3. The van der Waals surface area contributed by atoms with E-state index in [4.69, 9.17) is 14.2 Å². The summed E-state index contributed by atoms with van der Waals surface area (Å²) in [7, 11) is 3.23. The van der Waals surface area contributed by atoms with Crippen LogP contribution in [0.3, 0.4) is 0 Å². The van der Waals surface area contributed by atoms with Gasteiger partial charge in [-0.1, -0.05) is 32.0 Å². The minimum Gasteiger partial charge on any atom is -0.497 e. The van der Waals surface area contributed by atoms with Gasteiger partial charge in [-0.3, -0.25) is 4.79 Å². The van der Waals surface area contributed by atoms with Gasteiger partial charge in [-0.15, -0.1) is 0 Å². The van der Waals surface area contributed by atoms with Gasteiger partial charge in [-0.2, -0.15) is 0 Å². The molecule has 1 N–H and O–H groups in total. The molecule has 0 spiro atoms. The molecule has 5 heteroatoms. The zero-order valence-electron chi connectivity index (χ0n) is 16.3. The van der Waals surface area contributed by atoms with E-state index in [2.05, 4.69) is 19.2 Å². The Morgan fingerprint density at radius 2 is 1.78 bits per heavy atom. The standard InChI is InChI=1S/C22H27NO4/c1-16(2)15-27-20-11-7-17(13-21(20)26-4)8-12-22(24)23-14-18-5-9-19(25-3)10-6-18/h5-13,16H,14-15H2,1-4H3,(H,23,24)/b12-8+. The summed E-state index contributed by atoms with van der Waals surface area (Å²) >= 11 is 0. The lowest BCUT2D eigenvalue weighted by atomic mass is 10.1. The predicted octanol–water partition coefficient (Wildman–Crippen LogP) is 4.07. The van der Waals surface area contributed by atoms with E-state index in [0.717, 1.165) is 16.9 Å². The van der Waals surface area contributed by atoms with Crippen LogP contribution in [0.2, 0.25) is 0 Å². The van der Waals surface area contributed by atoms with E-state index in [1.54, 1.807) is 20.3 Å². The van der Waals surface area contributed by atoms with Crippen LogP contribution >= 0.6 is 0 Å². The molecule has 144 valence electrons. The number of methoxy groups -OCH3 is 2. The molecular weight excluding hydrogens is 342 g/mol. The minimum atomic E-state index is -0.162. The van der Waals surface area contributed by atoms with Gasteiger partial charge in [0.1, 0.15) is 5.75 Å². The molecule has 27 heavy (non-hydrogen) atoms. The van der Waals surface area contributed by atoms with Crippen molar-refractivity contribution in [2.75, 3.05) is 20.8 Å². The molecule has 0 aliphatic carbocycles. The quantitative estimate of drug-likeness (QED) is 0.677. The van der Waals surface area contributed by atoms with Gasteiger partial charge in [0, 0.05) is 12.6 Å². The molecule has 0 unspecified atom stereocenters. The first kappa shape index (κ1) is 20.4. The molecule has 0 atom stereocenters. The molecule has 5 nitrogen and oxygen atoms in total. The zero-order chi connectivity index (χ0) is 19.6. The van der Waals surface area contributed by atoms with Gasteiger partial charge in [0.15, 0.2) is 11.5 Å². The van der Waals surface area contributed by atoms with E-state index in [1.807, 2.05) is 42.5 Å². The molecule has 0 aliphatic heterocycles. The number of hydrogen-bond donors (Lipinski definition) is 1. The van der Waals surface area contributed by atoms with E-state index < -0.39 is 0 Å². The molecule has 1 amide bonds. The third-order valence-electron chi connectivity index (χ3n) is 3.81. The zero-order valence-corrected chi connectivity index (χ0v) is 16.3. The second-order valence-electron chi connectivity index (χ2n) is 6.51. The SMILES string of the molecule is COc1ccc(CNC(=O)/C=C/c2ccc(OCC(C)C)c(OC)c2)cc1. The number of hydrogen-bond acceptors (Lipinski definition) is 4. The van der Waals surface area contributed by atoms with Gasteiger partial charge in [-0.05, 0) is 47.4 Å². The summed E-state index contributed by atoms with van der Waals surface area (Å²) in [5.74, 6) is 2.41. The molecule has 0 heterocycles. The number of amides is 1. The lowest BCUT2D eigenvalue weighted by Crippen LogP contribution is -2.20. The summed E-state index contributed by atoms with van der Waals surface area (Å²) in [5, 5.41) is 2.86. The number of nitrogens with one attached hydrogen (secondary N) is 1. The van der Waals surface area contributed by atoms with Crippen molar-refractivity contribution >= 4 is 12.0 Å². The maximum Gasteiger partial charge on any atom is 0.244 e. The molecule has 0 saturated heterocycles. The van der Waals surface area contributed by atoms with E-state index in [1.165, 1.54) is 6.08 Å². The van der Waals surface area contributed by atoms with Crippen molar-refractivity contribution in [2.24, 2.45) is 5.92 Å².